The number of carbonyl (C=O) groups excluding carboxylic acids is 1. The topological polar surface area (TPSA) is 103 Å². The summed E-state index contributed by atoms with van der Waals surface area (Å²) in [6.45, 7) is 1.27. The van der Waals surface area contributed by atoms with E-state index in [1.807, 2.05) is 0 Å². The largest absolute Gasteiger partial charge is 0.490 e. The van der Waals surface area contributed by atoms with Gasteiger partial charge in [-0.2, -0.15) is 5.26 Å². The number of likely N-dealkylation sites (tertiary alicyclic amines) is 1. The molecule has 1 aliphatic rings. The summed E-state index contributed by atoms with van der Waals surface area (Å²) in [4.78, 5) is 23.9. The number of urea groups is 1. The van der Waals surface area contributed by atoms with Crippen LogP contribution in [0.4, 0.5) is 4.79 Å². The van der Waals surface area contributed by atoms with Gasteiger partial charge in [0, 0.05) is 32.5 Å². The van der Waals surface area contributed by atoms with Gasteiger partial charge in [-0.25, -0.2) is 4.79 Å². The Balaban J connectivity index is 1.73. The van der Waals surface area contributed by atoms with Crippen LogP contribution in [0, 0.1) is 11.3 Å². The number of aliphatic carboxylic acids is 1. The number of nitrogens with one attached hydrogen (secondary N) is 1. The molecule has 0 saturated carbocycles. The third kappa shape index (κ3) is 5.18. The molecule has 0 radical (unpaired) electrons. The Morgan fingerprint density at radius 1 is 1.30 bits per heavy atom. The Kier molecular flexibility index (Phi) is 5.80. The molecule has 0 bridgehead atoms. The van der Waals surface area contributed by atoms with Crippen molar-refractivity contribution in [3.63, 3.8) is 0 Å². The van der Waals surface area contributed by atoms with E-state index in [-0.39, 0.29) is 25.1 Å². The second-order valence-corrected chi connectivity index (χ2v) is 5.32. The van der Waals surface area contributed by atoms with Gasteiger partial charge < -0.3 is 20.1 Å². The average Bonchev–Trinajstić information content (AvgIpc) is 2.56. The molecule has 0 atom stereocenters. The SMILES string of the molecule is N#Cc1ccc(OC2CCN(C(=O)NCCC(=O)O)CC2)cc1. The van der Waals surface area contributed by atoms with Crippen LogP contribution >= 0.6 is 0 Å². The number of nitrogens with zero attached hydrogens (tertiary/aromatic N) is 2. The van der Waals surface area contributed by atoms with Crippen molar-refractivity contribution in [1.29, 1.82) is 5.26 Å². The Bertz CT molecular complexity index is 586. The van der Waals surface area contributed by atoms with Crippen LogP contribution in [0.15, 0.2) is 24.3 Å². The molecule has 1 heterocycles. The van der Waals surface area contributed by atoms with Gasteiger partial charge in [0.15, 0.2) is 0 Å². The lowest BCUT2D eigenvalue weighted by atomic mass is 10.1. The van der Waals surface area contributed by atoms with E-state index in [1.165, 1.54) is 0 Å². The summed E-state index contributed by atoms with van der Waals surface area (Å²) in [6, 6.07) is 8.78. The van der Waals surface area contributed by atoms with E-state index in [4.69, 9.17) is 15.1 Å². The molecule has 2 N–H and O–H groups in total. The van der Waals surface area contributed by atoms with Crippen LogP contribution in [0.3, 0.4) is 0 Å². The minimum absolute atomic E-state index is 0.0333. The molecule has 122 valence electrons. The number of amides is 2. The minimum Gasteiger partial charge on any atom is -0.490 e. The number of hydrogen-bond acceptors (Lipinski definition) is 4. The van der Waals surface area contributed by atoms with Gasteiger partial charge >= 0.3 is 12.0 Å². The molecule has 1 aromatic rings. The maximum atomic E-state index is 11.9. The zero-order valence-electron chi connectivity index (χ0n) is 12.7. The highest BCUT2D eigenvalue weighted by molar-refractivity contribution is 5.75. The normalized spacial score (nSPS) is 14.8. The van der Waals surface area contributed by atoms with Gasteiger partial charge in [0.1, 0.15) is 11.9 Å². The molecule has 23 heavy (non-hydrogen) atoms. The minimum atomic E-state index is -0.931. The zero-order valence-corrected chi connectivity index (χ0v) is 12.7. The molecule has 1 fully saturated rings. The summed E-state index contributed by atoms with van der Waals surface area (Å²) in [5, 5.41) is 19.9. The van der Waals surface area contributed by atoms with E-state index in [2.05, 4.69) is 11.4 Å². The van der Waals surface area contributed by atoms with Gasteiger partial charge in [-0.15, -0.1) is 0 Å². The molecule has 1 saturated heterocycles. The highest BCUT2D eigenvalue weighted by Gasteiger charge is 2.23. The van der Waals surface area contributed by atoms with Crippen LogP contribution < -0.4 is 10.1 Å². The summed E-state index contributed by atoms with van der Waals surface area (Å²) in [7, 11) is 0. The number of nitriles is 1. The number of carboxylic acid groups (broad SMARTS) is 1. The van der Waals surface area contributed by atoms with Crippen LogP contribution in [0.5, 0.6) is 5.75 Å². The van der Waals surface area contributed by atoms with E-state index in [0.717, 1.165) is 0 Å². The lowest BCUT2D eigenvalue weighted by molar-refractivity contribution is -0.136. The fourth-order valence-electron chi connectivity index (χ4n) is 2.37. The van der Waals surface area contributed by atoms with Gasteiger partial charge in [0.25, 0.3) is 0 Å². The van der Waals surface area contributed by atoms with Crippen LogP contribution in [0.2, 0.25) is 0 Å². The zero-order chi connectivity index (χ0) is 16.7. The van der Waals surface area contributed by atoms with E-state index >= 15 is 0 Å². The van der Waals surface area contributed by atoms with Gasteiger partial charge in [0.2, 0.25) is 0 Å². The van der Waals surface area contributed by atoms with Crippen molar-refractivity contribution < 1.29 is 19.4 Å². The van der Waals surface area contributed by atoms with E-state index in [1.54, 1.807) is 29.2 Å². The quantitative estimate of drug-likeness (QED) is 0.858. The highest BCUT2D eigenvalue weighted by atomic mass is 16.5. The molecule has 0 aromatic heterocycles. The number of carboxylic acids is 1. The highest BCUT2D eigenvalue weighted by Crippen LogP contribution is 2.19. The van der Waals surface area contributed by atoms with Crippen molar-refractivity contribution in [3.05, 3.63) is 29.8 Å². The fourth-order valence-corrected chi connectivity index (χ4v) is 2.37. The molecule has 2 amide bonds. The summed E-state index contributed by atoms with van der Waals surface area (Å²) in [6.07, 6.45) is 1.38. The molecule has 7 nitrogen and oxygen atoms in total. The van der Waals surface area contributed by atoms with Gasteiger partial charge in [0.05, 0.1) is 18.1 Å². The van der Waals surface area contributed by atoms with Crippen molar-refractivity contribution in [1.82, 2.24) is 10.2 Å². The number of carbonyl (C=O) groups is 2. The molecule has 1 aliphatic heterocycles. The molecule has 0 spiro atoms. The monoisotopic (exact) mass is 317 g/mol. The number of piperidine rings is 1. The molecular weight excluding hydrogens is 298 g/mol. The van der Waals surface area contributed by atoms with E-state index < -0.39 is 5.97 Å². The summed E-state index contributed by atoms with van der Waals surface area (Å²) in [5.74, 6) is -0.215. The number of benzene rings is 1. The molecule has 2 rings (SSSR count). The van der Waals surface area contributed by atoms with Gasteiger partial charge in [-0.05, 0) is 24.3 Å². The van der Waals surface area contributed by atoms with E-state index in [9.17, 15) is 9.59 Å². The van der Waals surface area contributed by atoms with Crippen molar-refractivity contribution in [2.75, 3.05) is 19.6 Å². The Hall–Kier alpha value is -2.75. The third-order valence-corrected chi connectivity index (χ3v) is 3.63. The van der Waals surface area contributed by atoms with Crippen molar-refractivity contribution in [2.45, 2.75) is 25.4 Å². The first-order chi connectivity index (χ1) is 11.1. The Labute approximate surface area is 134 Å². The molecule has 0 aliphatic carbocycles. The predicted molar refractivity (Wildman–Crippen MR) is 82.0 cm³/mol. The first kappa shape index (κ1) is 16.6. The number of rotatable bonds is 5. The van der Waals surface area contributed by atoms with Gasteiger partial charge in [-0.3, -0.25) is 4.79 Å². The lowest BCUT2D eigenvalue weighted by Crippen LogP contribution is -2.46. The van der Waals surface area contributed by atoms with Crippen molar-refractivity contribution >= 4 is 12.0 Å². The predicted octanol–water partition coefficient (Wildman–Crippen LogP) is 1.59. The second-order valence-electron chi connectivity index (χ2n) is 5.32. The summed E-state index contributed by atoms with van der Waals surface area (Å²) >= 11 is 0. The first-order valence-corrected chi connectivity index (χ1v) is 7.50. The molecular formula is C16H19N3O4. The van der Waals surface area contributed by atoms with Crippen molar-refractivity contribution in [2.24, 2.45) is 0 Å². The third-order valence-electron chi connectivity index (χ3n) is 3.63. The average molecular weight is 317 g/mol. The molecule has 1 aromatic carbocycles. The number of hydrogen-bond donors (Lipinski definition) is 2. The van der Waals surface area contributed by atoms with E-state index in [0.29, 0.717) is 37.2 Å². The van der Waals surface area contributed by atoms with Crippen LogP contribution in [-0.2, 0) is 4.79 Å². The maximum Gasteiger partial charge on any atom is 0.317 e. The van der Waals surface area contributed by atoms with Crippen LogP contribution in [-0.4, -0.2) is 47.7 Å². The van der Waals surface area contributed by atoms with Crippen LogP contribution in [0.1, 0.15) is 24.8 Å². The summed E-state index contributed by atoms with van der Waals surface area (Å²) < 4.78 is 5.85. The smallest absolute Gasteiger partial charge is 0.317 e. The molecule has 0 unspecified atom stereocenters. The van der Waals surface area contributed by atoms with Gasteiger partial charge in [-0.1, -0.05) is 0 Å². The Morgan fingerprint density at radius 3 is 2.52 bits per heavy atom. The number of ether oxygens (including phenoxy) is 1. The maximum absolute atomic E-state index is 11.9. The molecule has 7 heteroatoms. The van der Waals surface area contributed by atoms with Crippen molar-refractivity contribution in [3.8, 4) is 11.8 Å². The first-order valence-electron chi connectivity index (χ1n) is 7.50. The Morgan fingerprint density at radius 2 is 1.96 bits per heavy atom. The second kappa shape index (κ2) is 8.03. The summed E-state index contributed by atoms with van der Waals surface area (Å²) in [5.41, 5.74) is 0.588. The fraction of sp³-hybridized carbons (Fsp3) is 0.438. The lowest BCUT2D eigenvalue weighted by Gasteiger charge is -2.32. The van der Waals surface area contributed by atoms with Crippen LogP contribution in [0.25, 0.3) is 0 Å². The standard InChI is InChI=1S/C16H19N3O4/c17-11-12-1-3-13(4-2-12)23-14-6-9-19(10-7-14)16(22)18-8-5-15(20)21/h1-4,14H,5-10H2,(H,18,22)(H,20,21).